The summed E-state index contributed by atoms with van der Waals surface area (Å²) in [5.74, 6) is 0.517. The average Bonchev–Trinajstić information content (AvgIpc) is 2.48. The minimum atomic E-state index is -0.549. The largest absolute Gasteiger partial charge is 0.504 e. The Balaban J connectivity index is 2.02. The van der Waals surface area contributed by atoms with Crippen molar-refractivity contribution in [1.29, 1.82) is 0 Å². The number of nitrogens with one attached hydrogen (secondary N) is 1. The molecule has 5 nitrogen and oxygen atoms in total. The standard InChI is InChI=1S/C17H20N2O3/c1-12(19-17(18)21)9-14-7-8-15(20)16(10-14)22-11-13-5-3-2-4-6-13/h2-8,10,12,20H,9,11H2,1H3,(H3,18,19,21). The van der Waals surface area contributed by atoms with Crippen molar-refractivity contribution in [2.45, 2.75) is 26.0 Å². The molecule has 2 amide bonds. The molecule has 0 radical (unpaired) electrons. The predicted molar refractivity (Wildman–Crippen MR) is 84.8 cm³/mol. The number of hydrogen-bond acceptors (Lipinski definition) is 3. The van der Waals surface area contributed by atoms with E-state index in [1.807, 2.05) is 37.3 Å². The molecule has 22 heavy (non-hydrogen) atoms. The number of ether oxygens (including phenoxy) is 1. The molecule has 0 bridgehead atoms. The van der Waals surface area contributed by atoms with E-state index in [-0.39, 0.29) is 11.8 Å². The van der Waals surface area contributed by atoms with Gasteiger partial charge in [0.1, 0.15) is 6.61 Å². The molecule has 1 atom stereocenters. The Morgan fingerprint density at radius 3 is 2.64 bits per heavy atom. The van der Waals surface area contributed by atoms with E-state index >= 15 is 0 Å². The van der Waals surface area contributed by atoms with Crippen molar-refractivity contribution in [3.05, 3.63) is 59.7 Å². The SMILES string of the molecule is CC(Cc1ccc(O)c(OCc2ccccc2)c1)NC(N)=O. The molecule has 2 rings (SSSR count). The fourth-order valence-corrected chi connectivity index (χ4v) is 2.18. The third kappa shape index (κ3) is 4.70. The van der Waals surface area contributed by atoms with Crippen molar-refractivity contribution in [1.82, 2.24) is 5.32 Å². The van der Waals surface area contributed by atoms with Crippen LogP contribution < -0.4 is 15.8 Å². The third-order valence-corrected chi connectivity index (χ3v) is 3.19. The Morgan fingerprint density at radius 1 is 1.23 bits per heavy atom. The lowest BCUT2D eigenvalue weighted by Crippen LogP contribution is -2.37. The summed E-state index contributed by atoms with van der Waals surface area (Å²) in [6.07, 6.45) is 0.602. The van der Waals surface area contributed by atoms with Crippen LogP contribution >= 0.6 is 0 Å². The molecule has 0 aliphatic rings. The molecule has 2 aromatic rings. The molecule has 2 aromatic carbocycles. The first-order chi connectivity index (χ1) is 10.5. The maximum Gasteiger partial charge on any atom is 0.312 e. The molecule has 0 saturated carbocycles. The zero-order valence-corrected chi connectivity index (χ0v) is 12.5. The van der Waals surface area contributed by atoms with Gasteiger partial charge >= 0.3 is 6.03 Å². The van der Waals surface area contributed by atoms with E-state index in [0.717, 1.165) is 11.1 Å². The smallest absolute Gasteiger partial charge is 0.312 e. The van der Waals surface area contributed by atoms with Gasteiger partial charge in [-0.05, 0) is 36.6 Å². The molecule has 5 heteroatoms. The zero-order chi connectivity index (χ0) is 15.9. The Labute approximate surface area is 129 Å². The third-order valence-electron chi connectivity index (χ3n) is 3.19. The summed E-state index contributed by atoms with van der Waals surface area (Å²) in [5, 5.41) is 12.5. The predicted octanol–water partition coefficient (Wildman–Crippen LogP) is 2.57. The van der Waals surface area contributed by atoms with Gasteiger partial charge in [0.25, 0.3) is 0 Å². The number of carbonyl (C=O) groups excluding carboxylic acids is 1. The minimum Gasteiger partial charge on any atom is -0.504 e. The molecule has 1 unspecified atom stereocenters. The molecule has 116 valence electrons. The van der Waals surface area contributed by atoms with Gasteiger partial charge in [0.05, 0.1) is 0 Å². The number of carbonyl (C=O) groups is 1. The summed E-state index contributed by atoms with van der Waals surface area (Å²) in [6, 6.07) is 14.2. The van der Waals surface area contributed by atoms with Crippen LogP contribution in [-0.2, 0) is 13.0 Å². The summed E-state index contributed by atoms with van der Waals surface area (Å²) in [6.45, 7) is 2.25. The number of aromatic hydroxyl groups is 1. The van der Waals surface area contributed by atoms with Gasteiger partial charge < -0.3 is 20.9 Å². The number of phenols is 1. The van der Waals surface area contributed by atoms with E-state index in [2.05, 4.69) is 5.32 Å². The van der Waals surface area contributed by atoms with E-state index in [9.17, 15) is 9.90 Å². The van der Waals surface area contributed by atoms with Crippen LogP contribution in [0, 0.1) is 0 Å². The van der Waals surface area contributed by atoms with Gasteiger partial charge in [0, 0.05) is 6.04 Å². The Kier molecular flexibility index (Phi) is 5.25. The maximum atomic E-state index is 10.8. The van der Waals surface area contributed by atoms with Gasteiger partial charge in [-0.25, -0.2) is 4.79 Å². The lowest BCUT2D eigenvalue weighted by atomic mass is 10.1. The summed E-state index contributed by atoms with van der Waals surface area (Å²) in [7, 11) is 0. The lowest BCUT2D eigenvalue weighted by molar-refractivity contribution is 0.246. The highest BCUT2D eigenvalue weighted by Crippen LogP contribution is 2.28. The Hall–Kier alpha value is -2.69. The number of amides is 2. The molecule has 0 saturated heterocycles. The molecule has 0 heterocycles. The van der Waals surface area contributed by atoms with Crippen LogP contribution in [0.1, 0.15) is 18.1 Å². The number of phenolic OH excluding ortho intramolecular Hbond substituents is 1. The normalized spacial score (nSPS) is 11.7. The lowest BCUT2D eigenvalue weighted by Gasteiger charge is -2.14. The van der Waals surface area contributed by atoms with Gasteiger partial charge in [0.2, 0.25) is 0 Å². The fourth-order valence-electron chi connectivity index (χ4n) is 2.18. The maximum absolute atomic E-state index is 10.8. The Morgan fingerprint density at radius 2 is 1.95 bits per heavy atom. The van der Waals surface area contributed by atoms with Crippen LogP contribution in [0.4, 0.5) is 4.79 Å². The zero-order valence-electron chi connectivity index (χ0n) is 12.5. The van der Waals surface area contributed by atoms with E-state index in [0.29, 0.717) is 18.8 Å². The van der Waals surface area contributed by atoms with Crippen LogP contribution in [0.25, 0.3) is 0 Å². The van der Waals surface area contributed by atoms with Crippen LogP contribution in [0.3, 0.4) is 0 Å². The highest BCUT2D eigenvalue weighted by atomic mass is 16.5. The van der Waals surface area contributed by atoms with Crippen molar-refractivity contribution < 1.29 is 14.6 Å². The van der Waals surface area contributed by atoms with Crippen molar-refractivity contribution in [2.75, 3.05) is 0 Å². The van der Waals surface area contributed by atoms with Crippen LogP contribution in [-0.4, -0.2) is 17.2 Å². The van der Waals surface area contributed by atoms with Crippen LogP contribution in [0.2, 0.25) is 0 Å². The average molecular weight is 300 g/mol. The highest BCUT2D eigenvalue weighted by molar-refractivity contribution is 5.71. The summed E-state index contributed by atoms with van der Waals surface area (Å²) in [5.41, 5.74) is 7.07. The first-order valence-corrected chi connectivity index (χ1v) is 7.09. The molecule has 4 N–H and O–H groups in total. The molecule has 0 aliphatic heterocycles. The van der Waals surface area contributed by atoms with Crippen molar-refractivity contribution in [2.24, 2.45) is 5.73 Å². The van der Waals surface area contributed by atoms with Gasteiger partial charge in [-0.3, -0.25) is 0 Å². The summed E-state index contributed by atoms with van der Waals surface area (Å²) < 4.78 is 5.66. The number of urea groups is 1. The van der Waals surface area contributed by atoms with Crippen molar-refractivity contribution in [3.8, 4) is 11.5 Å². The monoisotopic (exact) mass is 300 g/mol. The second-order valence-electron chi connectivity index (χ2n) is 5.19. The Bertz CT molecular complexity index is 629. The van der Waals surface area contributed by atoms with Gasteiger partial charge in [-0.15, -0.1) is 0 Å². The second kappa shape index (κ2) is 7.36. The van der Waals surface area contributed by atoms with Crippen LogP contribution in [0.15, 0.2) is 48.5 Å². The first-order valence-electron chi connectivity index (χ1n) is 7.09. The van der Waals surface area contributed by atoms with Crippen molar-refractivity contribution >= 4 is 6.03 Å². The molecular weight excluding hydrogens is 280 g/mol. The summed E-state index contributed by atoms with van der Waals surface area (Å²) in [4.78, 5) is 10.8. The van der Waals surface area contributed by atoms with E-state index < -0.39 is 6.03 Å². The quantitative estimate of drug-likeness (QED) is 0.766. The van der Waals surface area contributed by atoms with Gasteiger partial charge in [0.15, 0.2) is 11.5 Å². The number of benzene rings is 2. The minimum absolute atomic E-state index is 0.0928. The number of primary amides is 1. The molecule has 0 spiro atoms. The summed E-state index contributed by atoms with van der Waals surface area (Å²) >= 11 is 0. The van der Waals surface area contributed by atoms with E-state index in [4.69, 9.17) is 10.5 Å². The van der Waals surface area contributed by atoms with Gasteiger partial charge in [-0.2, -0.15) is 0 Å². The van der Waals surface area contributed by atoms with E-state index in [1.54, 1.807) is 18.2 Å². The topological polar surface area (TPSA) is 84.6 Å². The molecule has 0 aromatic heterocycles. The number of hydrogen-bond donors (Lipinski definition) is 3. The molecule has 0 aliphatic carbocycles. The molecular formula is C17H20N2O3. The van der Waals surface area contributed by atoms with Gasteiger partial charge in [-0.1, -0.05) is 36.4 Å². The highest BCUT2D eigenvalue weighted by Gasteiger charge is 2.09. The fraction of sp³-hybridized carbons (Fsp3) is 0.235. The first kappa shape index (κ1) is 15.7. The van der Waals surface area contributed by atoms with Crippen molar-refractivity contribution in [3.63, 3.8) is 0 Å². The number of nitrogens with two attached hydrogens (primary N) is 1. The van der Waals surface area contributed by atoms with E-state index in [1.165, 1.54) is 0 Å². The molecule has 0 fully saturated rings. The number of rotatable bonds is 6. The van der Waals surface area contributed by atoms with Crippen LogP contribution in [0.5, 0.6) is 11.5 Å². The second-order valence-corrected chi connectivity index (χ2v) is 5.19.